The zero-order chi connectivity index (χ0) is 49.5. The molecule has 0 N–H and O–H groups in total. The second-order valence-electron chi connectivity index (χ2n) is 19.5. The number of benzene rings is 10. The van der Waals surface area contributed by atoms with Crippen LogP contribution in [0, 0.1) is 12.1 Å². The van der Waals surface area contributed by atoms with Crippen molar-refractivity contribution in [3.8, 4) is 5.69 Å². The molecule has 0 fully saturated rings. The Morgan fingerprint density at radius 2 is 1.01 bits per heavy atom. The molecule has 14 aromatic rings. The minimum absolute atomic E-state index is 0. The van der Waals surface area contributed by atoms with Gasteiger partial charge in [0.2, 0.25) is 0 Å². The van der Waals surface area contributed by atoms with Gasteiger partial charge in [0.15, 0.2) is 8.07 Å². The molecule has 0 bridgehead atoms. The summed E-state index contributed by atoms with van der Waals surface area (Å²) in [5.74, 6) is 0. The van der Waals surface area contributed by atoms with Gasteiger partial charge in [0.05, 0.1) is 16.9 Å². The summed E-state index contributed by atoms with van der Waals surface area (Å²) in [6, 6.07) is 102. The largest absolute Gasteiger partial charge is 2.00 e. The summed E-state index contributed by atoms with van der Waals surface area (Å²) in [6.07, 6.45) is 5.90. The smallest absolute Gasteiger partial charge is 0.340 e. The van der Waals surface area contributed by atoms with Gasteiger partial charge < -0.3 is 13.9 Å². The van der Waals surface area contributed by atoms with Crippen molar-refractivity contribution in [1.29, 1.82) is 0 Å². The summed E-state index contributed by atoms with van der Waals surface area (Å²) in [4.78, 5) is 12.8. The van der Waals surface area contributed by atoms with E-state index in [0.717, 1.165) is 71.3 Å². The molecule has 0 saturated heterocycles. The Bertz CT molecular complexity index is 4410. The Kier molecular flexibility index (Phi) is 11.0. The number of pyridine rings is 2. The van der Waals surface area contributed by atoms with Crippen LogP contribution in [0.15, 0.2) is 273 Å². The predicted octanol–water partition coefficient (Wildman–Crippen LogP) is 10.3. The van der Waals surface area contributed by atoms with Gasteiger partial charge in [-0.15, -0.1) is 34.8 Å². The zero-order valence-corrected chi connectivity index (χ0v) is 45.3. The molecule has 5 nitrogen and oxygen atoms in total. The van der Waals surface area contributed by atoms with Crippen LogP contribution in [-0.2, 0) is 21.1 Å². The van der Waals surface area contributed by atoms with E-state index in [4.69, 9.17) is 9.97 Å². The second kappa shape index (κ2) is 18.3. The Morgan fingerprint density at radius 3 is 1.74 bits per heavy atom. The van der Waals surface area contributed by atoms with Crippen molar-refractivity contribution in [1.82, 2.24) is 18.9 Å². The number of imidazole rings is 1. The summed E-state index contributed by atoms with van der Waals surface area (Å²) in [7, 11) is -6.33. The van der Waals surface area contributed by atoms with Crippen molar-refractivity contribution in [3.05, 3.63) is 286 Å². The van der Waals surface area contributed by atoms with Crippen molar-refractivity contribution in [2.24, 2.45) is 0 Å². The normalized spacial score (nSPS) is 13.0. The molecule has 0 atom stereocenters. The summed E-state index contributed by atoms with van der Waals surface area (Å²) < 4.78 is 4.63. The van der Waals surface area contributed by atoms with Crippen molar-refractivity contribution in [2.45, 2.75) is 0 Å². The molecule has 4 aromatic heterocycles. The first kappa shape index (κ1) is 45.9. The first-order valence-electron chi connectivity index (χ1n) is 25.6. The van der Waals surface area contributed by atoms with E-state index in [-0.39, 0.29) is 21.1 Å². The molecule has 0 amide bonds. The van der Waals surface area contributed by atoms with Gasteiger partial charge in [-0.05, 0) is 72.9 Å². The summed E-state index contributed by atoms with van der Waals surface area (Å²) in [5, 5.41) is 15.6. The first-order chi connectivity index (χ1) is 37.2. The third-order valence-corrected chi connectivity index (χ3v) is 25.2. The van der Waals surface area contributed by atoms with Crippen LogP contribution in [0.4, 0.5) is 17.1 Å². The van der Waals surface area contributed by atoms with Crippen molar-refractivity contribution in [3.63, 3.8) is 0 Å². The molecule has 1 aliphatic heterocycles. The number of anilines is 3. The van der Waals surface area contributed by atoms with E-state index in [0.29, 0.717) is 0 Å². The standard InChI is InChI=1S/C68H45N5Si2.Pt/c1-6-22-48(23-7-1)72-62-37-18-19-38-63(62)75(52-29-12-4-13-30-52,53-31-14-5-15-32-53)64-42-41-58-59-35-21-43-69-68(59)73(65(58)66(64)72)49-24-20-33-54(46-49)74(50-25-8-2-9-26-50,51-27-10-3-11-28-51)55-39-40-56-57-34-16-17-36-61(57)71-45-44-70-67(71)60(56)47-55;/h1-45H;/q-2;+2. The Balaban J connectivity index is 0.00000528. The van der Waals surface area contributed by atoms with Crippen LogP contribution in [-0.4, -0.2) is 35.1 Å². The van der Waals surface area contributed by atoms with Gasteiger partial charge in [0.25, 0.3) is 0 Å². The molecule has 8 heteroatoms. The molecule has 10 aromatic carbocycles. The topological polar surface area (TPSA) is 38.4 Å². The molecule has 0 radical (unpaired) electrons. The SMILES string of the molecule is [Pt+2].[c-]1c(-n2c3ncccc3c3ccc4c(c32)N(c2ccccc2)c2ccccc2[Si]4(c2ccccc2)c2ccccc2)cccc1[Si](c1[c-]c2c(cc1)c1ccccc1n1ccnc21)(c1ccccc1)c1ccccc1. The maximum Gasteiger partial charge on any atom is 2.00 e. The van der Waals surface area contributed by atoms with Gasteiger partial charge in [0, 0.05) is 46.3 Å². The number of fused-ring (bicyclic) bond motifs is 12. The molecule has 0 unspecified atom stereocenters. The van der Waals surface area contributed by atoms with Crippen LogP contribution in [0.25, 0.3) is 54.9 Å². The molecule has 1 aliphatic rings. The van der Waals surface area contributed by atoms with E-state index < -0.39 is 16.1 Å². The third kappa shape index (κ3) is 6.59. The fraction of sp³-hybridized carbons (Fsp3) is 0. The van der Waals surface area contributed by atoms with Crippen LogP contribution in [0.2, 0.25) is 0 Å². The molecule has 15 rings (SSSR count). The van der Waals surface area contributed by atoms with Gasteiger partial charge in [0.1, 0.15) is 13.7 Å². The summed E-state index contributed by atoms with van der Waals surface area (Å²) >= 11 is 0. The Morgan fingerprint density at radius 1 is 0.421 bits per heavy atom. The molecule has 0 saturated carbocycles. The molecular formula is C68H45N5PtSi2. The Labute approximate surface area is 456 Å². The van der Waals surface area contributed by atoms with Crippen molar-refractivity contribution < 1.29 is 21.1 Å². The summed E-state index contributed by atoms with van der Waals surface area (Å²) in [6.45, 7) is 0. The van der Waals surface area contributed by atoms with Crippen LogP contribution in [0.3, 0.4) is 0 Å². The summed E-state index contributed by atoms with van der Waals surface area (Å²) in [5.41, 5.74) is 8.33. The van der Waals surface area contributed by atoms with Crippen LogP contribution in [0.1, 0.15) is 0 Å². The third-order valence-electron chi connectivity index (χ3n) is 15.8. The van der Waals surface area contributed by atoms with Crippen molar-refractivity contribution >= 4 is 124 Å². The minimum Gasteiger partial charge on any atom is -0.340 e. The Hall–Kier alpha value is -8.72. The number of aromatic nitrogens is 4. The number of hydrogen-bond acceptors (Lipinski definition) is 3. The van der Waals surface area contributed by atoms with Gasteiger partial charge in [-0.1, -0.05) is 199 Å². The predicted molar refractivity (Wildman–Crippen MR) is 315 cm³/mol. The fourth-order valence-electron chi connectivity index (χ4n) is 12.8. The molecule has 0 aliphatic carbocycles. The molecular weight excluding hydrogens is 1140 g/mol. The van der Waals surface area contributed by atoms with Gasteiger partial charge in [-0.2, -0.15) is 23.4 Å². The molecule has 0 spiro atoms. The van der Waals surface area contributed by atoms with E-state index in [1.54, 1.807) is 0 Å². The number of rotatable bonds is 8. The number of hydrogen-bond donors (Lipinski definition) is 0. The first-order valence-corrected chi connectivity index (χ1v) is 29.6. The van der Waals surface area contributed by atoms with Gasteiger partial charge in [-0.3, -0.25) is 4.98 Å². The monoisotopic (exact) mass is 1180 g/mol. The van der Waals surface area contributed by atoms with Crippen molar-refractivity contribution in [2.75, 3.05) is 4.90 Å². The van der Waals surface area contributed by atoms with E-state index in [9.17, 15) is 0 Å². The van der Waals surface area contributed by atoms with Gasteiger partial charge >= 0.3 is 21.1 Å². The van der Waals surface area contributed by atoms with E-state index in [1.165, 1.54) is 42.2 Å². The maximum absolute atomic E-state index is 5.32. The van der Waals surface area contributed by atoms with E-state index in [1.807, 2.05) is 12.4 Å². The second-order valence-corrected chi connectivity index (χ2v) is 26.9. The fourth-order valence-corrected chi connectivity index (χ4v) is 22.4. The molecule has 360 valence electrons. The molecule has 5 heterocycles. The van der Waals surface area contributed by atoms with E-state index >= 15 is 0 Å². The average Bonchev–Trinajstić information content (AvgIpc) is 4.17. The van der Waals surface area contributed by atoms with Crippen LogP contribution in [0.5, 0.6) is 0 Å². The van der Waals surface area contributed by atoms with Crippen LogP contribution < -0.4 is 46.4 Å². The minimum atomic E-state index is -3.27. The number of nitrogens with zero attached hydrogens (tertiary/aromatic N) is 5. The quantitative estimate of drug-likeness (QED) is 0.0659. The average molecular weight is 1180 g/mol. The van der Waals surface area contributed by atoms with Crippen LogP contribution >= 0.6 is 0 Å². The zero-order valence-electron chi connectivity index (χ0n) is 41.0. The van der Waals surface area contributed by atoms with Gasteiger partial charge in [-0.25, -0.2) is 4.98 Å². The molecule has 76 heavy (non-hydrogen) atoms. The van der Waals surface area contributed by atoms with E-state index in [2.05, 4.69) is 287 Å². The maximum atomic E-state index is 5.32. The number of para-hydroxylation sites is 3.